The topological polar surface area (TPSA) is 127 Å². The van der Waals surface area contributed by atoms with Gasteiger partial charge in [-0.15, -0.1) is 0 Å². The van der Waals surface area contributed by atoms with Crippen molar-refractivity contribution >= 4 is 39.6 Å². The quantitative estimate of drug-likeness (QED) is 0.278. The van der Waals surface area contributed by atoms with Crippen molar-refractivity contribution in [2.75, 3.05) is 19.3 Å². The first-order valence-electron chi connectivity index (χ1n) is 10.5. The van der Waals surface area contributed by atoms with Gasteiger partial charge in [0.1, 0.15) is 5.52 Å². The third kappa shape index (κ3) is 3.78. The molecule has 1 aliphatic heterocycles. The summed E-state index contributed by atoms with van der Waals surface area (Å²) in [6.07, 6.45) is 7.99. The van der Waals surface area contributed by atoms with E-state index < -0.39 is 11.2 Å². The fourth-order valence-electron chi connectivity index (χ4n) is 4.29. The highest BCUT2D eigenvalue weighted by atomic mass is 32.2. The van der Waals surface area contributed by atoms with Gasteiger partial charge in [0.15, 0.2) is 5.16 Å². The van der Waals surface area contributed by atoms with Crippen LogP contribution in [0.3, 0.4) is 0 Å². The van der Waals surface area contributed by atoms with Crippen molar-refractivity contribution in [1.29, 1.82) is 0 Å². The molecule has 33 heavy (non-hydrogen) atoms. The molecule has 0 saturated carbocycles. The van der Waals surface area contributed by atoms with E-state index in [9.17, 15) is 14.4 Å². The van der Waals surface area contributed by atoms with Gasteiger partial charge in [0.2, 0.25) is 5.91 Å². The highest BCUT2D eigenvalue weighted by molar-refractivity contribution is 7.98. The number of amides is 1. The first-order chi connectivity index (χ1) is 16.0. The minimum Gasteiger partial charge on any atom is -0.343 e. The third-order valence-corrected chi connectivity index (χ3v) is 6.57. The van der Waals surface area contributed by atoms with E-state index in [1.807, 2.05) is 18.4 Å². The highest BCUT2D eigenvalue weighted by Gasteiger charge is 2.26. The number of thioether (sulfide) groups is 1. The summed E-state index contributed by atoms with van der Waals surface area (Å²) in [5.41, 5.74) is 1.86. The number of nitrogens with one attached hydrogen (secondary N) is 1. The molecular formula is C22H21N7O3S. The van der Waals surface area contributed by atoms with Crippen LogP contribution >= 0.6 is 11.8 Å². The summed E-state index contributed by atoms with van der Waals surface area (Å²) < 4.78 is 1.61. The smallest absolute Gasteiger partial charge is 0.329 e. The lowest BCUT2D eigenvalue weighted by molar-refractivity contribution is -0.130. The van der Waals surface area contributed by atoms with Crippen LogP contribution in [0.15, 0.2) is 45.5 Å². The predicted molar refractivity (Wildman–Crippen MR) is 125 cm³/mol. The minimum atomic E-state index is -0.498. The first kappa shape index (κ1) is 21.3. The number of piperidine rings is 1. The van der Waals surface area contributed by atoms with Crippen molar-refractivity contribution in [2.45, 2.75) is 31.0 Å². The number of likely N-dealkylation sites (tertiary alicyclic amines) is 1. The van der Waals surface area contributed by atoms with Crippen LogP contribution in [-0.4, -0.2) is 59.6 Å². The average Bonchev–Trinajstić information content (AvgIpc) is 2.84. The number of hydrogen-bond donors (Lipinski definition) is 1. The number of carbonyl (C=O) groups is 1. The molecule has 5 rings (SSSR count). The van der Waals surface area contributed by atoms with Gasteiger partial charge in [-0.05, 0) is 31.2 Å². The fourth-order valence-corrected chi connectivity index (χ4v) is 4.61. The number of nitrogens with zero attached hydrogens (tertiary/aromatic N) is 6. The van der Waals surface area contributed by atoms with Crippen molar-refractivity contribution in [3.63, 3.8) is 0 Å². The molecule has 168 valence electrons. The number of carbonyl (C=O) groups excluding carboxylic acids is 1. The Bertz CT molecular complexity index is 1490. The summed E-state index contributed by atoms with van der Waals surface area (Å²) in [6.45, 7) is 2.64. The summed E-state index contributed by atoms with van der Waals surface area (Å²) in [5, 5.41) is 0.957. The second-order valence-electron chi connectivity index (χ2n) is 7.91. The zero-order valence-electron chi connectivity index (χ0n) is 18.1. The molecule has 0 atom stereocenters. The van der Waals surface area contributed by atoms with Gasteiger partial charge in [-0.3, -0.25) is 24.1 Å². The molecule has 1 amide bonds. The molecular weight excluding hydrogens is 442 g/mol. The molecule has 1 N–H and O–H groups in total. The molecule has 0 aliphatic carbocycles. The van der Waals surface area contributed by atoms with E-state index in [0.717, 1.165) is 5.56 Å². The molecule has 1 aliphatic rings. The van der Waals surface area contributed by atoms with Gasteiger partial charge in [0.25, 0.3) is 5.56 Å². The van der Waals surface area contributed by atoms with Crippen LogP contribution in [0.5, 0.6) is 0 Å². The van der Waals surface area contributed by atoms with Gasteiger partial charge in [0.05, 0.1) is 22.1 Å². The van der Waals surface area contributed by atoms with Gasteiger partial charge in [-0.2, -0.15) is 0 Å². The summed E-state index contributed by atoms with van der Waals surface area (Å²) in [6, 6.07) is 3.46. The van der Waals surface area contributed by atoms with E-state index in [2.05, 4.69) is 19.9 Å². The van der Waals surface area contributed by atoms with Crippen molar-refractivity contribution in [2.24, 2.45) is 0 Å². The standard InChI is InChI=1S/C22H21N7O3S/c1-12(30)28-7-5-14(6-8-28)29-19-15(20(31)27-22(29)32)11-23-17-4-3-16(26-18(17)19)13-9-24-21(33-2)25-10-13/h3-4,9-11,14H,5-8H2,1-2H3,(H,27,31,32). The molecule has 0 spiro atoms. The number of aromatic amines is 1. The normalized spacial score (nSPS) is 14.8. The number of aromatic nitrogens is 6. The Morgan fingerprint density at radius 1 is 1.09 bits per heavy atom. The third-order valence-electron chi connectivity index (χ3n) is 5.99. The van der Waals surface area contributed by atoms with E-state index in [1.54, 1.807) is 28.8 Å². The van der Waals surface area contributed by atoms with Gasteiger partial charge >= 0.3 is 5.69 Å². The molecule has 4 aromatic rings. The lowest BCUT2D eigenvalue weighted by atomic mass is 10.0. The van der Waals surface area contributed by atoms with E-state index in [1.165, 1.54) is 18.0 Å². The second kappa shape index (κ2) is 8.39. The van der Waals surface area contributed by atoms with Gasteiger partial charge in [-0.1, -0.05) is 11.8 Å². The second-order valence-corrected chi connectivity index (χ2v) is 8.68. The van der Waals surface area contributed by atoms with Crippen molar-refractivity contribution in [3.8, 4) is 11.3 Å². The highest BCUT2D eigenvalue weighted by Crippen LogP contribution is 2.28. The molecule has 5 heterocycles. The maximum atomic E-state index is 13.0. The average molecular weight is 464 g/mol. The molecule has 0 radical (unpaired) electrons. The molecule has 10 nitrogen and oxygen atoms in total. The Balaban J connectivity index is 1.71. The SMILES string of the molecule is CSc1ncc(-c2ccc3ncc4c(=O)[nH]c(=O)n(C5CCN(C(C)=O)CC5)c4c3n2)cn1. The van der Waals surface area contributed by atoms with Crippen LogP contribution in [-0.2, 0) is 4.79 Å². The zero-order chi connectivity index (χ0) is 23.1. The monoisotopic (exact) mass is 463 g/mol. The Morgan fingerprint density at radius 2 is 1.82 bits per heavy atom. The van der Waals surface area contributed by atoms with Crippen LogP contribution in [0, 0.1) is 0 Å². The van der Waals surface area contributed by atoms with Gasteiger partial charge in [0, 0.05) is 50.2 Å². The number of pyridine rings is 2. The predicted octanol–water partition coefficient (Wildman–Crippen LogP) is 2.00. The van der Waals surface area contributed by atoms with Gasteiger partial charge in [-0.25, -0.2) is 19.7 Å². The van der Waals surface area contributed by atoms with Crippen molar-refractivity contribution in [1.82, 2.24) is 34.4 Å². The van der Waals surface area contributed by atoms with E-state index in [0.29, 0.717) is 58.7 Å². The van der Waals surface area contributed by atoms with E-state index in [4.69, 9.17) is 4.98 Å². The summed E-state index contributed by atoms with van der Waals surface area (Å²) in [7, 11) is 0. The zero-order valence-corrected chi connectivity index (χ0v) is 18.9. The van der Waals surface area contributed by atoms with Crippen LogP contribution in [0.2, 0.25) is 0 Å². The Labute approximate surface area is 192 Å². The van der Waals surface area contributed by atoms with Gasteiger partial charge < -0.3 is 4.90 Å². The number of rotatable bonds is 3. The first-order valence-corrected chi connectivity index (χ1v) is 11.7. The molecule has 11 heteroatoms. The van der Waals surface area contributed by atoms with E-state index >= 15 is 0 Å². The molecule has 0 bridgehead atoms. The largest absolute Gasteiger partial charge is 0.343 e. The number of hydrogen-bond acceptors (Lipinski definition) is 8. The Kier molecular flexibility index (Phi) is 5.41. The molecule has 4 aromatic heterocycles. The Hall–Kier alpha value is -3.60. The van der Waals surface area contributed by atoms with Crippen LogP contribution < -0.4 is 11.2 Å². The summed E-state index contributed by atoms with van der Waals surface area (Å²) in [4.78, 5) is 59.3. The van der Waals surface area contributed by atoms with Crippen molar-refractivity contribution < 1.29 is 4.79 Å². The number of fused-ring (bicyclic) bond motifs is 3. The fraction of sp³-hybridized carbons (Fsp3) is 0.318. The summed E-state index contributed by atoms with van der Waals surface area (Å²) >= 11 is 1.45. The van der Waals surface area contributed by atoms with Crippen LogP contribution in [0.4, 0.5) is 0 Å². The lowest BCUT2D eigenvalue weighted by Crippen LogP contribution is -2.41. The molecule has 1 saturated heterocycles. The maximum Gasteiger partial charge on any atom is 0.329 e. The van der Waals surface area contributed by atoms with Crippen LogP contribution in [0.25, 0.3) is 33.2 Å². The molecule has 0 aromatic carbocycles. The number of H-pyrrole nitrogens is 1. The maximum absolute atomic E-state index is 13.0. The van der Waals surface area contributed by atoms with Crippen molar-refractivity contribution in [3.05, 3.63) is 51.6 Å². The minimum absolute atomic E-state index is 0.0165. The van der Waals surface area contributed by atoms with E-state index in [-0.39, 0.29) is 11.9 Å². The summed E-state index contributed by atoms with van der Waals surface area (Å²) in [5.74, 6) is 0.0165. The molecule has 0 unspecified atom stereocenters. The lowest BCUT2D eigenvalue weighted by Gasteiger charge is -2.32. The van der Waals surface area contributed by atoms with Crippen LogP contribution in [0.1, 0.15) is 25.8 Å². The Morgan fingerprint density at radius 3 is 2.48 bits per heavy atom. The molecule has 1 fully saturated rings.